The molecule has 0 radical (unpaired) electrons. The summed E-state index contributed by atoms with van der Waals surface area (Å²) in [5, 5.41) is 20.6. The second-order valence-electron chi connectivity index (χ2n) is 2.11. The van der Waals surface area contributed by atoms with E-state index in [1.54, 1.807) is 0 Å². The van der Waals surface area contributed by atoms with Crippen molar-refractivity contribution in [1.82, 2.24) is 0 Å². The number of carbonyl (C=O) groups excluding carboxylic acids is 1. The largest absolute Gasteiger partial charge is 0.490 e. The zero-order chi connectivity index (χ0) is 9.14. The van der Waals surface area contributed by atoms with Crippen LogP contribution in [0.1, 0.15) is 10.4 Å². The van der Waals surface area contributed by atoms with Gasteiger partial charge in [-0.3, -0.25) is 0 Å². The van der Waals surface area contributed by atoms with Gasteiger partial charge in [0.05, 0.1) is 12.7 Å². The second-order valence-corrected chi connectivity index (χ2v) is 2.85. The van der Waals surface area contributed by atoms with Crippen molar-refractivity contribution >= 4 is 29.9 Å². The molecule has 0 bridgehead atoms. The van der Waals surface area contributed by atoms with Gasteiger partial charge in [0.25, 0.3) is 0 Å². The highest BCUT2D eigenvalue weighted by atomic mass is 32.1. The van der Waals surface area contributed by atoms with Gasteiger partial charge in [-0.05, 0) is 5.38 Å². The molecule has 1 aromatic rings. The Labute approximate surface area is 73.6 Å². The van der Waals surface area contributed by atoms with Crippen molar-refractivity contribution in [2.45, 2.75) is 0 Å². The summed E-state index contributed by atoms with van der Waals surface area (Å²) in [7, 11) is -0.376. The lowest BCUT2D eigenvalue weighted by Crippen LogP contribution is -2.33. The molecule has 0 fully saturated rings. The number of esters is 1. The Kier molecular flexibility index (Phi) is 2.85. The average molecular weight is 186 g/mol. The molecule has 0 atom stereocenters. The van der Waals surface area contributed by atoms with Gasteiger partial charge in [-0.15, -0.1) is 0 Å². The maximum absolute atomic E-state index is 11.0. The molecule has 0 aliphatic heterocycles. The van der Waals surface area contributed by atoms with Gasteiger partial charge in [0, 0.05) is 10.8 Å². The fourth-order valence-corrected chi connectivity index (χ4v) is 1.61. The summed E-state index contributed by atoms with van der Waals surface area (Å²) in [6, 6.07) is 0. The third-order valence-electron chi connectivity index (χ3n) is 1.38. The van der Waals surface area contributed by atoms with Crippen LogP contribution in [0.25, 0.3) is 0 Å². The Morgan fingerprint density at radius 3 is 2.75 bits per heavy atom. The summed E-state index contributed by atoms with van der Waals surface area (Å²) in [6.07, 6.45) is 0. The highest BCUT2D eigenvalue weighted by Crippen LogP contribution is 2.05. The van der Waals surface area contributed by atoms with Crippen LogP contribution < -0.4 is 5.46 Å². The zero-order valence-corrected chi connectivity index (χ0v) is 7.17. The molecule has 64 valence electrons. The van der Waals surface area contributed by atoms with Gasteiger partial charge in [0.1, 0.15) is 0 Å². The topological polar surface area (TPSA) is 66.8 Å². The predicted molar refractivity (Wildman–Crippen MR) is 45.5 cm³/mol. The van der Waals surface area contributed by atoms with Gasteiger partial charge in [-0.1, -0.05) is 0 Å². The molecular formula is C6H7BO4S. The zero-order valence-electron chi connectivity index (χ0n) is 6.35. The molecule has 0 aliphatic rings. The van der Waals surface area contributed by atoms with E-state index in [0.717, 1.165) is 0 Å². The molecule has 2 N–H and O–H groups in total. The molecule has 0 aromatic carbocycles. The lowest BCUT2D eigenvalue weighted by Gasteiger charge is -1.99. The van der Waals surface area contributed by atoms with Gasteiger partial charge in [0.15, 0.2) is 0 Å². The lowest BCUT2D eigenvalue weighted by molar-refractivity contribution is 0.0602. The minimum absolute atomic E-state index is 0.187. The second kappa shape index (κ2) is 3.71. The van der Waals surface area contributed by atoms with Crippen LogP contribution in [0.5, 0.6) is 0 Å². The Morgan fingerprint density at radius 1 is 1.58 bits per heavy atom. The number of methoxy groups -OCH3 is 1. The Hall–Kier alpha value is -0.845. The Morgan fingerprint density at radius 2 is 2.25 bits per heavy atom. The van der Waals surface area contributed by atoms with E-state index in [1.165, 1.54) is 29.2 Å². The number of thiophene rings is 1. The van der Waals surface area contributed by atoms with Gasteiger partial charge in [-0.2, -0.15) is 11.3 Å². The number of hydrogen-bond donors (Lipinski definition) is 2. The van der Waals surface area contributed by atoms with E-state index in [2.05, 4.69) is 4.74 Å². The summed E-state index contributed by atoms with van der Waals surface area (Å²) in [5.41, 5.74) is 0.393. The van der Waals surface area contributed by atoms with Crippen molar-refractivity contribution in [1.29, 1.82) is 0 Å². The van der Waals surface area contributed by atoms with Crippen molar-refractivity contribution in [2.24, 2.45) is 0 Å². The molecule has 1 aromatic heterocycles. The van der Waals surface area contributed by atoms with Crippen LogP contribution in [0.15, 0.2) is 10.8 Å². The SMILES string of the molecule is COC(=O)c1cscc1B(O)O. The summed E-state index contributed by atoms with van der Waals surface area (Å²) < 4.78 is 4.43. The average Bonchev–Trinajstić information content (AvgIpc) is 2.50. The Balaban J connectivity index is 2.99. The molecule has 0 aliphatic carbocycles. The molecule has 4 nitrogen and oxygen atoms in total. The van der Waals surface area contributed by atoms with E-state index in [9.17, 15) is 4.79 Å². The molecular weight excluding hydrogens is 179 g/mol. The number of carbonyl (C=O) groups is 1. The van der Waals surface area contributed by atoms with E-state index in [0.29, 0.717) is 0 Å². The first kappa shape index (κ1) is 9.24. The van der Waals surface area contributed by atoms with Crippen molar-refractivity contribution in [3.63, 3.8) is 0 Å². The molecule has 1 heterocycles. The van der Waals surface area contributed by atoms with Gasteiger partial charge < -0.3 is 14.8 Å². The van der Waals surface area contributed by atoms with E-state index in [1.807, 2.05) is 0 Å². The predicted octanol–water partition coefficient (Wildman–Crippen LogP) is -0.786. The first-order valence-electron chi connectivity index (χ1n) is 3.17. The van der Waals surface area contributed by atoms with Crippen LogP contribution in [-0.2, 0) is 4.74 Å². The van der Waals surface area contributed by atoms with Crippen LogP contribution in [0.3, 0.4) is 0 Å². The summed E-state index contributed by atoms with van der Waals surface area (Å²) in [6.45, 7) is 0. The number of ether oxygens (including phenoxy) is 1. The maximum Gasteiger partial charge on any atom is 0.490 e. The third kappa shape index (κ3) is 1.66. The number of hydrogen-bond acceptors (Lipinski definition) is 5. The quantitative estimate of drug-likeness (QED) is 0.469. The summed E-state index contributed by atoms with van der Waals surface area (Å²) in [4.78, 5) is 11.0. The molecule has 0 unspecified atom stereocenters. The van der Waals surface area contributed by atoms with Gasteiger partial charge in [0.2, 0.25) is 0 Å². The minimum Gasteiger partial charge on any atom is -0.465 e. The van der Waals surface area contributed by atoms with Gasteiger partial charge >= 0.3 is 13.1 Å². The van der Waals surface area contributed by atoms with Crippen LogP contribution in [0.2, 0.25) is 0 Å². The van der Waals surface area contributed by atoms with Crippen LogP contribution in [-0.4, -0.2) is 30.2 Å². The molecule has 12 heavy (non-hydrogen) atoms. The van der Waals surface area contributed by atoms with Crippen molar-refractivity contribution in [3.8, 4) is 0 Å². The lowest BCUT2D eigenvalue weighted by atomic mass is 9.80. The van der Waals surface area contributed by atoms with Crippen molar-refractivity contribution in [3.05, 3.63) is 16.3 Å². The smallest absolute Gasteiger partial charge is 0.465 e. The van der Waals surface area contributed by atoms with E-state index in [4.69, 9.17) is 10.0 Å². The molecule has 6 heteroatoms. The van der Waals surface area contributed by atoms with E-state index >= 15 is 0 Å². The highest BCUT2D eigenvalue weighted by molar-refractivity contribution is 7.09. The van der Waals surface area contributed by atoms with Crippen molar-refractivity contribution in [2.75, 3.05) is 7.11 Å². The summed E-state index contributed by atoms with van der Waals surface area (Å²) in [5.74, 6) is -0.556. The van der Waals surface area contributed by atoms with Crippen LogP contribution in [0.4, 0.5) is 0 Å². The fraction of sp³-hybridized carbons (Fsp3) is 0.167. The van der Waals surface area contributed by atoms with E-state index in [-0.39, 0.29) is 11.0 Å². The monoisotopic (exact) mass is 186 g/mol. The minimum atomic E-state index is -1.62. The standard InChI is InChI=1S/C6H7BO4S/c1-11-6(8)4-2-12-3-5(4)7(9)10/h2-3,9-10H,1H3. The Bertz CT molecular complexity index is 283. The number of rotatable bonds is 2. The van der Waals surface area contributed by atoms with Crippen LogP contribution in [0, 0.1) is 0 Å². The first-order chi connectivity index (χ1) is 5.66. The molecule has 0 saturated heterocycles. The van der Waals surface area contributed by atoms with Gasteiger partial charge in [-0.25, -0.2) is 4.79 Å². The molecule has 0 amide bonds. The van der Waals surface area contributed by atoms with Crippen LogP contribution >= 0.6 is 11.3 Å². The normalized spacial score (nSPS) is 9.58. The fourth-order valence-electron chi connectivity index (χ4n) is 0.783. The summed E-state index contributed by atoms with van der Waals surface area (Å²) >= 11 is 1.22. The molecule has 0 spiro atoms. The molecule has 0 saturated carbocycles. The molecule has 1 rings (SSSR count). The third-order valence-corrected chi connectivity index (χ3v) is 2.14. The van der Waals surface area contributed by atoms with E-state index < -0.39 is 13.1 Å². The highest BCUT2D eigenvalue weighted by Gasteiger charge is 2.21. The maximum atomic E-state index is 11.0. The first-order valence-corrected chi connectivity index (χ1v) is 4.11. The van der Waals surface area contributed by atoms with Crippen molar-refractivity contribution < 1.29 is 19.6 Å².